The van der Waals surface area contributed by atoms with E-state index in [9.17, 15) is 4.79 Å². The summed E-state index contributed by atoms with van der Waals surface area (Å²) >= 11 is 0. The molecule has 2 rings (SSSR count). The lowest BCUT2D eigenvalue weighted by atomic mass is 9.86. The second-order valence-corrected chi connectivity index (χ2v) is 6.17. The van der Waals surface area contributed by atoms with Crippen molar-refractivity contribution in [3.05, 3.63) is 0 Å². The number of hydrogen-bond donors (Lipinski definition) is 1. The van der Waals surface area contributed by atoms with Gasteiger partial charge < -0.3 is 10.2 Å². The number of hydrogen-bond acceptors (Lipinski definition) is 2. The number of carbonyl (C=O) groups excluding carboxylic acids is 1. The monoisotopic (exact) mass is 252 g/mol. The lowest BCUT2D eigenvalue weighted by molar-refractivity contribution is -0.139. The molecule has 0 bridgehead atoms. The molecule has 3 heteroatoms. The van der Waals surface area contributed by atoms with Crippen molar-refractivity contribution in [1.82, 2.24) is 10.2 Å². The van der Waals surface area contributed by atoms with Gasteiger partial charge >= 0.3 is 0 Å². The van der Waals surface area contributed by atoms with Gasteiger partial charge in [0.1, 0.15) is 0 Å². The Balaban J connectivity index is 1.93. The van der Waals surface area contributed by atoms with Crippen molar-refractivity contribution in [3.63, 3.8) is 0 Å². The van der Waals surface area contributed by atoms with Crippen LogP contribution in [-0.2, 0) is 4.79 Å². The standard InChI is InChI=1S/C15H28N2O/c1-12-11-16-10-9-14(12)15(18)17(2)13-7-5-3-4-6-8-13/h12-14,16H,3-11H2,1-2H3. The second-order valence-electron chi connectivity index (χ2n) is 6.17. The molecule has 1 amide bonds. The Kier molecular flexibility index (Phi) is 5.04. The average molecular weight is 252 g/mol. The molecule has 2 aliphatic rings. The Labute approximate surface area is 111 Å². The fraction of sp³-hybridized carbons (Fsp3) is 0.933. The third kappa shape index (κ3) is 3.25. The smallest absolute Gasteiger partial charge is 0.226 e. The molecule has 1 heterocycles. The molecule has 0 aromatic heterocycles. The van der Waals surface area contributed by atoms with Gasteiger partial charge in [0.25, 0.3) is 0 Å². The van der Waals surface area contributed by atoms with E-state index in [0.717, 1.165) is 19.5 Å². The maximum Gasteiger partial charge on any atom is 0.226 e. The van der Waals surface area contributed by atoms with E-state index in [1.54, 1.807) is 0 Å². The Morgan fingerprint density at radius 1 is 1.11 bits per heavy atom. The van der Waals surface area contributed by atoms with Crippen LogP contribution in [0.1, 0.15) is 51.9 Å². The van der Waals surface area contributed by atoms with E-state index in [2.05, 4.69) is 17.1 Å². The van der Waals surface area contributed by atoms with Crippen LogP contribution in [-0.4, -0.2) is 37.0 Å². The van der Waals surface area contributed by atoms with Crippen molar-refractivity contribution in [3.8, 4) is 0 Å². The first kappa shape index (κ1) is 13.9. The fourth-order valence-electron chi connectivity index (χ4n) is 3.47. The van der Waals surface area contributed by atoms with Gasteiger partial charge in [-0.25, -0.2) is 0 Å². The number of rotatable bonds is 2. The molecular formula is C15H28N2O. The van der Waals surface area contributed by atoms with E-state index in [-0.39, 0.29) is 5.92 Å². The highest BCUT2D eigenvalue weighted by molar-refractivity contribution is 5.79. The summed E-state index contributed by atoms with van der Waals surface area (Å²) in [6.07, 6.45) is 8.72. The predicted octanol–water partition coefficient (Wildman–Crippen LogP) is 2.41. The lowest BCUT2D eigenvalue weighted by Gasteiger charge is -2.35. The van der Waals surface area contributed by atoms with Gasteiger partial charge in [0.15, 0.2) is 0 Å². The third-order valence-electron chi connectivity index (χ3n) is 4.82. The quantitative estimate of drug-likeness (QED) is 0.766. The number of carbonyl (C=O) groups is 1. The van der Waals surface area contributed by atoms with Gasteiger partial charge in [0.2, 0.25) is 5.91 Å². The van der Waals surface area contributed by atoms with Crippen LogP contribution in [0.25, 0.3) is 0 Å². The van der Waals surface area contributed by atoms with E-state index in [4.69, 9.17) is 0 Å². The molecule has 0 aromatic rings. The van der Waals surface area contributed by atoms with Crippen molar-refractivity contribution in [2.45, 2.75) is 57.9 Å². The summed E-state index contributed by atoms with van der Waals surface area (Å²) < 4.78 is 0. The summed E-state index contributed by atoms with van der Waals surface area (Å²) in [6, 6.07) is 0.502. The molecule has 2 atom stereocenters. The van der Waals surface area contributed by atoms with E-state index < -0.39 is 0 Å². The third-order valence-corrected chi connectivity index (χ3v) is 4.82. The minimum atomic E-state index is 0.250. The van der Waals surface area contributed by atoms with Crippen LogP contribution in [0, 0.1) is 11.8 Å². The van der Waals surface area contributed by atoms with Crippen LogP contribution < -0.4 is 5.32 Å². The maximum atomic E-state index is 12.6. The van der Waals surface area contributed by atoms with Gasteiger partial charge in [-0.05, 0) is 38.3 Å². The van der Waals surface area contributed by atoms with Crippen molar-refractivity contribution in [1.29, 1.82) is 0 Å². The Morgan fingerprint density at radius 3 is 2.39 bits per heavy atom. The molecule has 104 valence electrons. The van der Waals surface area contributed by atoms with Gasteiger partial charge in [-0.1, -0.05) is 32.6 Å². The molecule has 1 saturated carbocycles. The second kappa shape index (κ2) is 6.55. The van der Waals surface area contributed by atoms with Crippen LogP contribution in [0.2, 0.25) is 0 Å². The molecule has 1 aliphatic heterocycles. The summed E-state index contributed by atoms with van der Waals surface area (Å²) in [4.78, 5) is 14.7. The highest BCUT2D eigenvalue weighted by Crippen LogP contribution is 2.26. The maximum absolute atomic E-state index is 12.6. The summed E-state index contributed by atoms with van der Waals surface area (Å²) in [5, 5.41) is 3.38. The van der Waals surface area contributed by atoms with Crippen LogP contribution in [0.3, 0.4) is 0 Å². The number of amides is 1. The summed E-state index contributed by atoms with van der Waals surface area (Å²) in [7, 11) is 2.03. The fourth-order valence-corrected chi connectivity index (χ4v) is 3.47. The molecule has 1 N–H and O–H groups in total. The van der Waals surface area contributed by atoms with Crippen LogP contribution >= 0.6 is 0 Å². The van der Waals surface area contributed by atoms with Crippen LogP contribution in [0.5, 0.6) is 0 Å². The molecular weight excluding hydrogens is 224 g/mol. The van der Waals surface area contributed by atoms with E-state index in [1.165, 1.54) is 38.5 Å². The van der Waals surface area contributed by atoms with Gasteiger partial charge in [-0.15, -0.1) is 0 Å². The zero-order valence-corrected chi connectivity index (χ0v) is 12.0. The van der Waals surface area contributed by atoms with E-state index in [0.29, 0.717) is 17.9 Å². The molecule has 18 heavy (non-hydrogen) atoms. The molecule has 1 aliphatic carbocycles. The number of nitrogens with zero attached hydrogens (tertiary/aromatic N) is 1. The Morgan fingerprint density at radius 2 is 1.78 bits per heavy atom. The van der Waals surface area contributed by atoms with Crippen LogP contribution in [0.4, 0.5) is 0 Å². The topological polar surface area (TPSA) is 32.3 Å². The molecule has 0 aromatic carbocycles. The zero-order valence-electron chi connectivity index (χ0n) is 12.0. The predicted molar refractivity (Wildman–Crippen MR) is 74.4 cm³/mol. The normalized spacial score (nSPS) is 30.8. The largest absolute Gasteiger partial charge is 0.343 e. The van der Waals surface area contributed by atoms with Gasteiger partial charge in [-0.3, -0.25) is 4.79 Å². The Bertz CT molecular complexity index is 272. The highest BCUT2D eigenvalue weighted by Gasteiger charge is 2.32. The minimum absolute atomic E-state index is 0.250. The summed E-state index contributed by atoms with van der Waals surface area (Å²) in [6.45, 7) is 4.20. The van der Waals surface area contributed by atoms with Crippen molar-refractivity contribution in [2.24, 2.45) is 11.8 Å². The molecule has 3 nitrogen and oxygen atoms in total. The molecule has 2 unspecified atom stereocenters. The van der Waals surface area contributed by atoms with Crippen LogP contribution in [0.15, 0.2) is 0 Å². The SMILES string of the molecule is CC1CNCCC1C(=O)N(C)C1CCCCCC1. The molecule has 1 saturated heterocycles. The molecule has 0 spiro atoms. The van der Waals surface area contributed by atoms with Crippen molar-refractivity contribution in [2.75, 3.05) is 20.1 Å². The summed E-state index contributed by atoms with van der Waals surface area (Å²) in [5.74, 6) is 1.13. The van der Waals surface area contributed by atoms with E-state index in [1.807, 2.05) is 7.05 Å². The first-order chi connectivity index (χ1) is 8.70. The summed E-state index contributed by atoms with van der Waals surface area (Å²) in [5.41, 5.74) is 0. The minimum Gasteiger partial charge on any atom is -0.343 e. The van der Waals surface area contributed by atoms with E-state index >= 15 is 0 Å². The van der Waals surface area contributed by atoms with Gasteiger partial charge in [0.05, 0.1) is 0 Å². The highest BCUT2D eigenvalue weighted by atomic mass is 16.2. The number of nitrogens with one attached hydrogen (secondary N) is 1. The lowest BCUT2D eigenvalue weighted by Crippen LogP contribution is -2.47. The average Bonchev–Trinajstić information content (AvgIpc) is 2.66. The number of piperidine rings is 1. The first-order valence-electron chi connectivity index (χ1n) is 7.67. The molecule has 0 radical (unpaired) electrons. The van der Waals surface area contributed by atoms with Gasteiger partial charge in [-0.2, -0.15) is 0 Å². The molecule has 2 fully saturated rings. The zero-order chi connectivity index (χ0) is 13.0. The van der Waals surface area contributed by atoms with Crippen molar-refractivity contribution < 1.29 is 4.79 Å². The first-order valence-corrected chi connectivity index (χ1v) is 7.67. The van der Waals surface area contributed by atoms with Crippen molar-refractivity contribution >= 4 is 5.91 Å². The van der Waals surface area contributed by atoms with Gasteiger partial charge in [0, 0.05) is 19.0 Å². The Hall–Kier alpha value is -0.570.